The fourth-order valence-electron chi connectivity index (χ4n) is 2.99. The maximum atomic E-state index is 11.0. The van der Waals surface area contributed by atoms with Crippen molar-refractivity contribution in [3.63, 3.8) is 0 Å². The highest BCUT2D eigenvalue weighted by molar-refractivity contribution is 7.46. The SMILES string of the molecule is O=P(O)(O)Oc1ccc2[nH]cc(C=C3c4ccccc4NC3O)c2c1. The number of aromatic amines is 1. The third-order valence-electron chi connectivity index (χ3n) is 4.05. The zero-order valence-electron chi connectivity index (χ0n) is 12.9. The Morgan fingerprint density at radius 3 is 2.76 bits per heavy atom. The molecule has 0 saturated heterocycles. The Balaban J connectivity index is 1.79. The number of aliphatic hydroxyl groups is 1. The van der Waals surface area contributed by atoms with Crippen molar-refractivity contribution in [1.29, 1.82) is 0 Å². The van der Waals surface area contributed by atoms with Crippen LogP contribution in [-0.4, -0.2) is 26.1 Å². The predicted octanol–water partition coefficient (Wildman–Crippen LogP) is 2.92. The Labute approximate surface area is 142 Å². The van der Waals surface area contributed by atoms with Crippen LogP contribution in [0.15, 0.2) is 48.7 Å². The molecule has 128 valence electrons. The quantitative estimate of drug-likeness (QED) is 0.460. The summed E-state index contributed by atoms with van der Waals surface area (Å²) >= 11 is 0. The Hall–Kier alpha value is -2.57. The number of hydrogen-bond acceptors (Lipinski definition) is 4. The zero-order valence-corrected chi connectivity index (χ0v) is 13.8. The maximum absolute atomic E-state index is 11.0. The summed E-state index contributed by atoms with van der Waals surface area (Å²) in [6, 6.07) is 12.3. The molecule has 5 N–H and O–H groups in total. The molecular formula is C17H15N2O5P. The van der Waals surface area contributed by atoms with E-state index in [2.05, 4.69) is 14.8 Å². The van der Waals surface area contributed by atoms with Gasteiger partial charge in [0, 0.05) is 39.5 Å². The van der Waals surface area contributed by atoms with Crippen molar-refractivity contribution in [3.05, 3.63) is 59.8 Å². The minimum absolute atomic E-state index is 0.0746. The van der Waals surface area contributed by atoms with Crippen molar-refractivity contribution in [2.45, 2.75) is 6.23 Å². The van der Waals surface area contributed by atoms with Gasteiger partial charge in [-0.1, -0.05) is 18.2 Å². The van der Waals surface area contributed by atoms with E-state index in [-0.39, 0.29) is 5.75 Å². The van der Waals surface area contributed by atoms with Crippen molar-refractivity contribution in [2.24, 2.45) is 0 Å². The van der Waals surface area contributed by atoms with Crippen molar-refractivity contribution in [1.82, 2.24) is 4.98 Å². The average molecular weight is 358 g/mol. The molecule has 2 heterocycles. The first kappa shape index (κ1) is 15.9. The van der Waals surface area contributed by atoms with E-state index >= 15 is 0 Å². The minimum Gasteiger partial charge on any atom is -0.404 e. The van der Waals surface area contributed by atoms with E-state index in [9.17, 15) is 9.67 Å². The molecule has 0 radical (unpaired) electrons. The molecule has 7 nitrogen and oxygen atoms in total. The van der Waals surface area contributed by atoms with Crippen molar-refractivity contribution >= 4 is 36.1 Å². The van der Waals surface area contributed by atoms with E-state index in [0.29, 0.717) is 0 Å². The van der Waals surface area contributed by atoms with Crippen LogP contribution >= 0.6 is 7.82 Å². The van der Waals surface area contributed by atoms with Gasteiger partial charge >= 0.3 is 7.82 Å². The normalized spacial score (nSPS) is 18.4. The molecule has 25 heavy (non-hydrogen) atoms. The van der Waals surface area contributed by atoms with E-state index in [1.54, 1.807) is 18.3 Å². The highest BCUT2D eigenvalue weighted by atomic mass is 31.2. The van der Waals surface area contributed by atoms with Crippen LogP contribution < -0.4 is 9.84 Å². The molecule has 0 saturated carbocycles. The van der Waals surface area contributed by atoms with Gasteiger partial charge in [-0.3, -0.25) is 9.79 Å². The van der Waals surface area contributed by atoms with Crippen LogP contribution in [0.2, 0.25) is 0 Å². The molecule has 2 aromatic carbocycles. The van der Waals surface area contributed by atoms with Crippen molar-refractivity contribution in [3.8, 4) is 5.75 Å². The summed E-state index contributed by atoms with van der Waals surface area (Å²) in [5.74, 6) is 0.0746. The second-order valence-corrected chi connectivity index (χ2v) is 6.89. The van der Waals surface area contributed by atoms with Gasteiger partial charge in [0.05, 0.1) is 0 Å². The first-order valence-electron chi connectivity index (χ1n) is 7.52. The van der Waals surface area contributed by atoms with Gasteiger partial charge in [0.15, 0.2) is 6.23 Å². The summed E-state index contributed by atoms with van der Waals surface area (Å²) in [5, 5.41) is 14.0. The summed E-state index contributed by atoms with van der Waals surface area (Å²) in [4.78, 5) is 21.0. The molecular weight excluding hydrogens is 343 g/mol. The number of rotatable bonds is 3. The summed E-state index contributed by atoms with van der Waals surface area (Å²) in [5.41, 5.74) is 4.05. The number of phosphoric acid groups is 1. The third kappa shape index (κ3) is 3.06. The number of aliphatic hydroxyl groups excluding tert-OH is 1. The van der Waals surface area contributed by atoms with Crippen LogP contribution in [-0.2, 0) is 4.57 Å². The number of hydrogen-bond donors (Lipinski definition) is 5. The smallest absolute Gasteiger partial charge is 0.404 e. The van der Waals surface area contributed by atoms with Crippen LogP contribution in [0.1, 0.15) is 11.1 Å². The standard InChI is InChI=1S/C17H15N2O5P/c20-17-14(12-3-1-2-4-16(12)19-17)7-10-9-18-15-6-5-11(8-13(10)15)24-25(21,22)23/h1-9,17-20H,(H2,21,22,23). The number of para-hydroxylation sites is 1. The van der Waals surface area contributed by atoms with Gasteiger partial charge < -0.3 is 19.9 Å². The van der Waals surface area contributed by atoms with Crippen LogP contribution in [0.5, 0.6) is 5.75 Å². The molecule has 0 amide bonds. The van der Waals surface area contributed by atoms with Crippen LogP contribution in [0.25, 0.3) is 22.6 Å². The van der Waals surface area contributed by atoms with Crippen LogP contribution in [0.4, 0.5) is 5.69 Å². The van der Waals surface area contributed by atoms with Crippen LogP contribution in [0, 0.1) is 0 Å². The highest BCUT2D eigenvalue weighted by Crippen LogP contribution is 2.40. The van der Waals surface area contributed by atoms with Crippen molar-refractivity contribution < 1.29 is 24.0 Å². The molecule has 0 fully saturated rings. The lowest BCUT2D eigenvalue weighted by molar-refractivity contribution is 0.266. The molecule has 0 aliphatic carbocycles. The number of phosphoric ester groups is 1. The molecule has 8 heteroatoms. The van der Waals surface area contributed by atoms with Gasteiger partial charge in [0.25, 0.3) is 0 Å². The van der Waals surface area contributed by atoms with Gasteiger partial charge in [-0.25, -0.2) is 4.57 Å². The zero-order chi connectivity index (χ0) is 17.6. The fraction of sp³-hybridized carbons (Fsp3) is 0.0588. The molecule has 1 aromatic heterocycles. The Morgan fingerprint density at radius 2 is 1.96 bits per heavy atom. The monoisotopic (exact) mass is 358 g/mol. The predicted molar refractivity (Wildman–Crippen MR) is 94.9 cm³/mol. The lowest BCUT2D eigenvalue weighted by Crippen LogP contribution is -2.12. The van der Waals surface area contributed by atoms with Gasteiger partial charge in [-0.2, -0.15) is 0 Å². The summed E-state index contributed by atoms with van der Waals surface area (Å²) in [6.07, 6.45) is 2.78. The highest BCUT2D eigenvalue weighted by Gasteiger charge is 2.24. The van der Waals surface area contributed by atoms with Crippen LogP contribution in [0.3, 0.4) is 0 Å². The Morgan fingerprint density at radius 1 is 1.16 bits per heavy atom. The van der Waals surface area contributed by atoms with Gasteiger partial charge in [0.2, 0.25) is 0 Å². The number of benzene rings is 2. The number of fused-ring (bicyclic) bond motifs is 2. The lowest BCUT2D eigenvalue weighted by Gasteiger charge is -2.07. The molecule has 1 aliphatic heterocycles. The fourth-order valence-corrected chi connectivity index (χ4v) is 3.38. The molecule has 1 unspecified atom stereocenters. The van der Waals surface area contributed by atoms with Gasteiger partial charge in [0.1, 0.15) is 5.75 Å². The molecule has 1 atom stereocenters. The summed E-state index contributed by atoms with van der Waals surface area (Å²) in [6.45, 7) is 0. The van der Waals surface area contributed by atoms with E-state index in [1.165, 1.54) is 6.07 Å². The Kier molecular flexibility index (Phi) is 3.67. The maximum Gasteiger partial charge on any atom is 0.524 e. The van der Waals surface area contributed by atoms with E-state index in [0.717, 1.165) is 33.3 Å². The topological polar surface area (TPSA) is 115 Å². The molecule has 0 bridgehead atoms. The van der Waals surface area contributed by atoms with Crippen molar-refractivity contribution in [2.75, 3.05) is 5.32 Å². The number of nitrogens with one attached hydrogen (secondary N) is 2. The second-order valence-electron chi connectivity index (χ2n) is 5.73. The number of anilines is 1. The lowest BCUT2D eigenvalue weighted by atomic mass is 10.0. The largest absolute Gasteiger partial charge is 0.524 e. The Bertz CT molecular complexity index is 1040. The summed E-state index contributed by atoms with van der Waals surface area (Å²) < 4.78 is 15.7. The second kappa shape index (κ2) is 5.75. The molecule has 1 aliphatic rings. The molecule has 0 spiro atoms. The first-order valence-corrected chi connectivity index (χ1v) is 9.06. The van der Waals surface area contributed by atoms with Gasteiger partial charge in [-0.05, 0) is 30.3 Å². The van der Waals surface area contributed by atoms with Gasteiger partial charge in [-0.15, -0.1) is 0 Å². The number of H-pyrrole nitrogens is 1. The molecule has 3 aromatic rings. The third-order valence-corrected chi connectivity index (χ3v) is 4.49. The first-order chi connectivity index (χ1) is 11.9. The average Bonchev–Trinajstić information content (AvgIpc) is 3.08. The summed E-state index contributed by atoms with van der Waals surface area (Å²) in [7, 11) is -4.62. The number of aromatic nitrogens is 1. The van der Waals surface area contributed by atoms with E-state index < -0.39 is 14.1 Å². The minimum atomic E-state index is -4.62. The van der Waals surface area contributed by atoms with E-state index in [4.69, 9.17) is 9.79 Å². The molecule has 4 rings (SSSR count). The van der Waals surface area contributed by atoms with E-state index in [1.807, 2.05) is 30.3 Å².